The zero-order chi connectivity index (χ0) is 9.19. The highest BCUT2D eigenvalue weighted by molar-refractivity contribution is 7.56. The van der Waals surface area contributed by atoms with Crippen LogP contribution in [0.3, 0.4) is 0 Å². The van der Waals surface area contributed by atoms with Crippen molar-refractivity contribution >= 4 is 7.75 Å². The van der Waals surface area contributed by atoms with Gasteiger partial charge in [-0.2, -0.15) is 4.57 Å². The van der Waals surface area contributed by atoms with Crippen molar-refractivity contribution in [1.82, 2.24) is 0 Å². The van der Waals surface area contributed by atoms with Crippen molar-refractivity contribution in [2.75, 3.05) is 6.61 Å². The fraction of sp³-hybridized carbons (Fsp3) is 0.857. The molecule has 4 nitrogen and oxygen atoms in total. The first kappa shape index (κ1) is 9.73. The molecule has 0 saturated carbocycles. The van der Waals surface area contributed by atoms with E-state index in [0.717, 1.165) is 6.42 Å². The third-order valence-electron chi connectivity index (χ3n) is 1.81. The summed E-state index contributed by atoms with van der Waals surface area (Å²) in [4.78, 5) is 0. The molecule has 2 atom stereocenters. The van der Waals surface area contributed by atoms with Gasteiger partial charge in [0.15, 0.2) is 0 Å². The highest BCUT2D eigenvalue weighted by atomic mass is 31.2. The number of nitrogens with zero attached hydrogens (tertiary/aromatic N) is 1. The van der Waals surface area contributed by atoms with Crippen LogP contribution in [0.15, 0.2) is 0 Å². The molecule has 0 bridgehead atoms. The van der Waals surface area contributed by atoms with Crippen LogP contribution in [0.25, 0.3) is 4.62 Å². The number of rotatable bonds is 1. The fourth-order valence-corrected chi connectivity index (χ4v) is 2.26. The van der Waals surface area contributed by atoms with E-state index in [-0.39, 0.29) is 6.10 Å². The summed E-state index contributed by atoms with van der Waals surface area (Å²) < 4.78 is 24.5. The van der Waals surface area contributed by atoms with Gasteiger partial charge in [-0.15, -0.1) is 0 Å². The average Bonchev–Trinajstić information content (AvgIpc) is 2.05. The van der Waals surface area contributed by atoms with Gasteiger partial charge >= 0.3 is 7.75 Å². The van der Waals surface area contributed by atoms with Crippen LogP contribution >= 0.6 is 7.75 Å². The van der Waals surface area contributed by atoms with Crippen LogP contribution in [-0.2, 0) is 13.6 Å². The lowest BCUT2D eigenvalue weighted by Gasteiger charge is -2.23. The molecule has 12 heavy (non-hydrogen) atoms. The molecule has 0 radical (unpaired) electrons. The molecule has 1 fully saturated rings. The first-order valence-corrected chi connectivity index (χ1v) is 5.42. The lowest BCUT2D eigenvalue weighted by atomic mass is 10.1. The van der Waals surface area contributed by atoms with Crippen molar-refractivity contribution in [3.8, 4) is 6.57 Å². The van der Waals surface area contributed by atoms with Gasteiger partial charge in [-0.25, -0.2) is 9.05 Å². The molecule has 0 aliphatic carbocycles. The van der Waals surface area contributed by atoms with Crippen molar-refractivity contribution in [2.24, 2.45) is 5.92 Å². The van der Waals surface area contributed by atoms with Gasteiger partial charge in [0.2, 0.25) is 0 Å². The predicted molar refractivity (Wildman–Crippen MR) is 46.2 cm³/mol. The summed E-state index contributed by atoms with van der Waals surface area (Å²) in [6, 6.07) is 0. The van der Waals surface area contributed by atoms with Crippen LogP contribution in [-0.4, -0.2) is 12.7 Å². The highest BCUT2D eigenvalue weighted by Crippen LogP contribution is 2.54. The Balaban J connectivity index is 2.65. The molecule has 5 heteroatoms. The molecule has 1 aliphatic rings. The third kappa shape index (κ3) is 2.07. The minimum Gasteiger partial charge on any atom is -0.242 e. The molecule has 0 unspecified atom stereocenters. The molecular weight excluding hydrogens is 177 g/mol. The molecule has 0 aromatic carbocycles. The summed E-state index contributed by atoms with van der Waals surface area (Å²) in [6.07, 6.45) is 0.689. The standard InChI is InChI=1S/C7H13NO3P/c1-6(2)7-4-5-10-12(9,8-3)11-7/h3,6-7H,4-5H2,1-2H3/q+1/t7-,12+/m0/s1. The summed E-state index contributed by atoms with van der Waals surface area (Å²) in [5, 5.41) is 0. The SMILES string of the molecule is C#[N+][P@@]1(=O)OCC[C@@H](C(C)C)O1. The highest BCUT2D eigenvalue weighted by Gasteiger charge is 2.45. The maximum Gasteiger partial charge on any atom is 0.734 e. The molecule has 0 N–H and O–H groups in total. The Morgan fingerprint density at radius 2 is 2.33 bits per heavy atom. The van der Waals surface area contributed by atoms with Gasteiger partial charge in [0, 0.05) is 4.62 Å². The van der Waals surface area contributed by atoms with E-state index in [1.165, 1.54) is 0 Å². The van der Waals surface area contributed by atoms with Gasteiger partial charge in [-0.05, 0) is 12.3 Å². The second-order valence-electron chi connectivity index (χ2n) is 3.09. The number of hydrogen-bond donors (Lipinski definition) is 0. The zero-order valence-electron chi connectivity index (χ0n) is 7.27. The third-order valence-corrected chi connectivity index (χ3v) is 3.14. The van der Waals surface area contributed by atoms with E-state index in [4.69, 9.17) is 15.6 Å². The van der Waals surface area contributed by atoms with E-state index >= 15 is 0 Å². The quantitative estimate of drug-likeness (QED) is 0.596. The molecular formula is C7H13NO3P+. The Morgan fingerprint density at radius 3 is 2.83 bits per heavy atom. The van der Waals surface area contributed by atoms with Gasteiger partial charge in [0.25, 0.3) is 6.57 Å². The maximum absolute atomic E-state index is 11.4. The van der Waals surface area contributed by atoms with E-state index in [9.17, 15) is 4.57 Å². The van der Waals surface area contributed by atoms with E-state index in [2.05, 4.69) is 4.62 Å². The Bertz CT molecular complexity index is 246. The minimum absolute atomic E-state index is 0.0584. The van der Waals surface area contributed by atoms with Gasteiger partial charge in [-0.3, -0.25) is 0 Å². The molecule has 1 heterocycles. The summed E-state index contributed by atoms with van der Waals surface area (Å²) in [5.74, 6) is 0.309. The van der Waals surface area contributed by atoms with E-state index in [1.807, 2.05) is 13.8 Å². The first-order valence-electron chi connectivity index (χ1n) is 3.93. The Hall–Kier alpha value is -0.360. The van der Waals surface area contributed by atoms with Crippen molar-refractivity contribution < 1.29 is 13.6 Å². The van der Waals surface area contributed by atoms with Crippen molar-refractivity contribution in [1.29, 1.82) is 0 Å². The van der Waals surface area contributed by atoms with E-state index in [1.54, 1.807) is 0 Å². The van der Waals surface area contributed by atoms with Gasteiger partial charge in [0.1, 0.15) is 0 Å². The van der Waals surface area contributed by atoms with Crippen LogP contribution in [0.1, 0.15) is 20.3 Å². The molecule has 0 spiro atoms. The van der Waals surface area contributed by atoms with Gasteiger partial charge in [0.05, 0.1) is 12.7 Å². The molecule has 0 amide bonds. The smallest absolute Gasteiger partial charge is 0.242 e. The normalized spacial score (nSPS) is 36.3. The van der Waals surface area contributed by atoms with Crippen molar-refractivity contribution in [2.45, 2.75) is 26.4 Å². The van der Waals surface area contributed by atoms with Crippen LogP contribution < -0.4 is 0 Å². The average molecular weight is 190 g/mol. The second-order valence-corrected chi connectivity index (χ2v) is 4.73. The zero-order valence-corrected chi connectivity index (χ0v) is 8.16. The van der Waals surface area contributed by atoms with Gasteiger partial charge < -0.3 is 0 Å². The van der Waals surface area contributed by atoms with Crippen molar-refractivity contribution in [3.05, 3.63) is 4.62 Å². The van der Waals surface area contributed by atoms with E-state index < -0.39 is 7.75 Å². The summed E-state index contributed by atoms with van der Waals surface area (Å²) in [7, 11) is -3.30. The van der Waals surface area contributed by atoms with E-state index in [0.29, 0.717) is 12.5 Å². The Kier molecular flexibility index (Phi) is 2.89. The Labute approximate surface area is 72.3 Å². The lowest BCUT2D eigenvalue weighted by Crippen LogP contribution is -2.24. The molecule has 1 saturated heterocycles. The minimum atomic E-state index is -3.30. The topological polar surface area (TPSA) is 39.9 Å². The summed E-state index contributed by atoms with van der Waals surface area (Å²) in [5.41, 5.74) is 0. The van der Waals surface area contributed by atoms with Gasteiger partial charge in [-0.1, -0.05) is 13.8 Å². The molecule has 1 aliphatic heterocycles. The monoisotopic (exact) mass is 190 g/mol. The molecule has 68 valence electrons. The van der Waals surface area contributed by atoms with Crippen molar-refractivity contribution in [3.63, 3.8) is 0 Å². The molecule has 1 rings (SSSR count). The fourth-order valence-electron chi connectivity index (χ4n) is 1.05. The summed E-state index contributed by atoms with van der Waals surface area (Å²) in [6.45, 7) is 9.31. The maximum atomic E-state index is 11.4. The lowest BCUT2D eigenvalue weighted by molar-refractivity contribution is 0.0579. The largest absolute Gasteiger partial charge is 0.734 e. The van der Waals surface area contributed by atoms with Crippen LogP contribution in [0.4, 0.5) is 0 Å². The summed E-state index contributed by atoms with van der Waals surface area (Å²) >= 11 is 0. The molecule has 0 aromatic rings. The second kappa shape index (κ2) is 3.57. The predicted octanol–water partition coefficient (Wildman–Crippen LogP) is 2.52. The Morgan fingerprint density at radius 1 is 1.67 bits per heavy atom. The number of hydrogen-bond acceptors (Lipinski definition) is 3. The van der Waals surface area contributed by atoms with Crippen LogP contribution in [0, 0.1) is 12.5 Å². The van der Waals surface area contributed by atoms with Crippen LogP contribution in [0.2, 0.25) is 0 Å². The molecule has 0 aromatic heterocycles. The first-order chi connectivity index (χ1) is 5.57. The van der Waals surface area contributed by atoms with Crippen LogP contribution in [0.5, 0.6) is 0 Å².